The van der Waals surface area contributed by atoms with E-state index in [0.29, 0.717) is 21.3 Å². The molecule has 10 heteroatoms. The van der Waals surface area contributed by atoms with Crippen molar-refractivity contribution < 1.29 is 14.4 Å². The van der Waals surface area contributed by atoms with Gasteiger partial charge in [0.05, 0.1) is 10.7 Å². The fraction of sp³-hybridized carbons (Fsp3) is 0.273. The summed E-state index contributed by atoms with van der Waals surface area (Å²) >= 11 is 16.8. The zero-order chi connectivity index (χ0) is 23.9. The minimum absolute atomic E-state index is 0.0197. The van der Waals surface area contributed by atoms with Crippen LogP contribution in [0.25, 0.3) is 0 Å². The van der Waals surface area contributed by atoms with Crippen LogP contribution < -0.4 is 21.5 Å². The lowest BCUT2D eigenvalue weighted by molar-refractivity contribution is -0.124. The number of hydrogen-bond donors (Lipinski definition) is 4. The van der Waals surface area contributed by atoms with Crippen molar-refractivity contribution in [3.05, 3.63) is 63.6 Å². The van der Waals surface area contributed by atoms with Crippen molar-refractivity contribution in [3.63, 3.8) is 0 Å². The van der Waals surface area contributed by atoms with Gasteiger partial charge in [-0.3, -0.25) is 30.6 Å². The lowest BCUT2D eigenvalue weighted by atomic mass is 9.87. The standard InChI is InChI=1S/C22H24Cl2N4O3S/c1-22(2,3)14-6-4-13(5-7-14)20(31)26-21(32)28-27-19(30)11-10-18(29)25-17-9-8-15(23)12-16(17)24/h4-9,12H,10-11H2,1-3H3,(H,25,29)(H,27,30)(H2,26,28,31,32). The SMILES string of the molecule is CC(C)(C)c1ccc(C(=O)NC(=S)NNC(=O)CCC(=O)Nc2ccc(Cl)cc2Cl)cc1. The number of nitrogens with one attached hydrogen (secondary N) is 4. The van der Waals surface area contributed by atoms with Crippen LogP contribution >= 0.6 is 35.4 Å². The Kier molecular flexibility index (Phi) is 9.00. The number of halogens is 2. The molecule has 0 unspecified atom stereocenters. The molecular formula is C22H24Cl2N4O3S. The van der Waals surface area contributed by atoms with Gasteiger partial charge in [-0.15, -0.1) is 0 Å². The first-order valence-corrected chi connectivity index (χ1v) is 10.9. The van der Waals surface area contributed by atoms with Gasteiger partial charge in [0.2, 0.25) is 11.8 Å². The Labute approximate surface area is 202 Å². The third-order valence-electron chi connectivity index (χ3n) is 4.34. The van der Waals surface area contributed by atoms with E-state index in [1.165, 1.54) is 6.07 Å². The molecule has 0 saturated heterocycles. The highest BCUT2D eigenvalue weighted by Gasteiger charge is 2.15. The molecule has 2 aromatic carbocycles. The van der Waals surface area contributed by atoms with Gasteiger partial charge in [0.1, 0.15) is 0 Å². The predicted molar refractivity (Wildman–Crippen MR) is 131 cm³/mol. The van der Waals surface area contributed by atoms with Crippen LogP contribution in [0.2, 0.25) is 10.0 Å². The second-order valence-corrected chi connectivity index (χ2v) is 9.21. The van der Waals surface area contributed by atoms with Crippen molar-refractivity contribution in [1.82, 2.24) is 16.2 Å². The second-order valence-electron chi connectivity index (χ2n) is 7.96. The molecular weight excluding hydrogens is 471 g/mol. The van der Waals surface area contributed by atoms with Crippen molar-refractivity contribution in [2.75, 3.05) is 5.32 Å². The van der Waals surface area contributed by atoms with Gasteiger partial charge in [-0.05, 0) is 53.5 Å². The van der Waals surface area contributed by atoms with Crippen LogP contribution in [0.4, 0.5) is 5.69 Å². The third kappa shape index (κ3) is 8.11. The van der Waals surface area contributed by atoms with Crippen molar-refractivity contribution in [3.8, 4) is 0 Å². The van der Waals surface area contributed by atoms with E-state index in [1.54, 1.807) is 24.3 Å². The molecule has 3 amide bonds. The number of benzene rings is 2. The van der Waals surface area contributed by atoms with E-state index in [2.05, 4.69) is 42.3 Å². The van der Waals surface area contributed by atoms with Crippen molar-refractivity contribution >= 4 is 63.9 Å². The highest BCUT2D eigenvalue weighted by atomic mass is 35.5. The lowest BCUT2D eigenvalue weighted by Crippen LogP contribution is -2.48. The molecule has 0 aliphatic carbocycles. The van der Waals surface area contributed by atoms with E-state index in [-0.39, 0.29) is 29.3 Å². The smallest absolute Gasteiger partial charge is 0.257 e. The average molecular weight is 495 g/mol. The summed E-state index contributed by atoms with van der Waals surface area (Å²) in [6, 6.07) is 11.9. The summed E-state index contributed by atoms with van der Waals surface area (Å²) in [6.07, 6.45) is -0.180. The number of hydrogen-bond acceptors (Lipinski definition) is 4. The van der Waals surface area contributed by atoms with Crippen LogP contribution in [-0.4, -0.2) is 22.8 Å². The van der Waals surface area contributed by atoms with Gasteiger partial charge >= 0.3 is 0 Å². The Morgan fingerprint density at radius 2 is 1.53 bits per heavy atom. The van der Waals surface area contributed by atoms with Gasteiger partial charge in [0.15, 0.2) is 5.11 Å². The minimum Gasteiger partial charge on any atom is -0.325 e. The molecule has 170 valence electrons. The minimum atomic E-state index is -0.478. The number of thiocarbonyl (C=S) groups is 1. The molecule has 0 aliphatic heterocycles. The summed E-state index contributed by atoms with van der Waals surface area (Å²) in [5.41, 5.74) is 6.70. The maximum atomic E-state index is 12.3. The van der Waals surface area contributed by atoms with Gasteiger partial charge < -0.3 is 5.32 Å². The molecule has 0 spiro atoms. The molecule has 2 rings (SSSR count). The van der Waals surface area contributed by atoms with Crippen LogP contribution in [0.1, 0.15) is 49.5 Å². The highest BCUT2D eigenvalue weighted by molar-refractivity contribution is 7.80. The Morgan fingerprint density at radius 1 is 0.906 bits per heavy atom. The summed E-state index contributed by atoms with van der Waals surface area (Å²) in [7, 11) is 0. The zero-order valence-corrected chi connectivity index (χ0v) is 20.2. The molecule has 32 heavy (non-hydrogen) atoms. The molecule has 7 nitrogen and oxygen atoms in total. The van der Waals surface area contributed by atoms with E-state index in [0.717, 1.165) is 5.56 Å². The first kappa shape index (κ1) is 25.6. The molecule has 0 radical (unpaired) electrons. The number of rotatable bonds is 5. The van der Waals surface area contributed by atoms with Crippen molar-refractivity contribution in [2.45, 2.75) is 39.0 Å². The summed E-state index contributed by atoms with van der Waals surface area (Å²) < 4.78 is 0. The van der Waals surface area contributed by atoms with Crippen molar-refractivity contribution in [1.29, 1.82) is 0 Å². The number of amides is 3. The number of anilines is 1. The van der Waals surface area contributed by atoms with Gasteiger partial charge in [0, 0.05) is 23.4 Å². The fourth-order valence-electron chi connectivity index (χ4n) is 2.55. The second kappa shape index (κ2) is 11.3. The average Bonchev–Trinajstić information content (AvgIpc) is 2.72. The number of hydrazine groups is 1. The Balaban J connectivity index is 1.73. The van der Waals surface area contributed by atoms with Crippen molar-refractivity contribution in [2.24, 2.45) is 0 Å². The summed E-state index contributed by atoms with van der Waals surface area (Å²) in [6.45, 7) is 6.25. The van der Waals surface area contributed by atoms with Crippen LogP contribution in [0.3, 0.4) is 0 Å². The van der Waals surface area contributed by atoms with Gasteiger partial charge in [0.25, 0.3) is 5.91 Å². The number of carbonyl (C=O) groups excluding carboxylic acids is 3. The molecule has 0 heterocycles. The van der Waals surface area contributed by atoms with Crippen LogP contribution in [0, 0.1) is 0 Å². The zero-order valence-electron chi connectivity index (χ0n) is 17.8. The number of carbonyl (C=O) groups is 3. The van der Waals surface area contributed by atoms with E-state index in [4.69, 9.17) is 35.4 Å². The first-order chi connectivity index (χ1) is 15.0. The molecule has 0 bridgehead atoms. The highest BCUT2D eigenvalue weighted by Crippen LogP contribution is 2.25. The summed E-state index contributed by atoms with van der Waals surface area (Å²) in [5, 5.41) is 5.76. The van der Waals surface area contributed by atoms with Gasteiger partial charge in [-0.1, -0.05) is 56.1 Å². The summed E-state index contributed by atoms with van der Waals surface area (Å²) in [5.74, 6) is -1.27. The molecule has 0 fully saturated rings. The quantitative estimate of drug-likeness (QED) is 0.365. The van der Waals surface area contributed by atoms with Crippen LogP contribution in [0.15, 0.2) is 42.5 Å². The molecule has 0 aliphatic rings. The van der Waals surface area contributed by atoms with Gasteiger partial charge in [-0.2, -0.15) is 0 Å². The molecule has 2 aromatic rings. The Hall–Kier alpha value is -2.68. The molecule has 0 atom stereocenters. The normalized spacial score (nSPS) is 10.8. The van der Waals surface area contributed by atoms with Crippen LogP contribution in [-0.2, 0) is 15.0 Å². The summed E-state index contributed by atoms with van der Waals surface area (Å²) in [4.78, 5) is 36.2. The molecule has 0 saturated carbocycles. The maximum Gasteiger partial charge on any atom is 0.257 e. The Morgan fingerprint density at radius 3 is 2.12 bits per heavy atom. The van der Waals surface area contributed by atoms with E-state index in [1.807, 2.05) is 12.1 Å². The first-order valence-electron chi connectivity index (χ1n) is 9.71. The third-order valence-corrected chi connectivity index (χ3v) is 5.09. The predicted octanol–water partition coefficient (Wildman–Crippen LogP) is 4.35. The largest absolute Gasteiger partial charge is 0.325 e. The fourth-order valence-corrected chi connectivity index (χ4v) is 3.15. The van der Waals surface area contributed by atoms with E-state index >= 15 is 0 Å². The van der Waals surface area contributed by atoms with E-state index < -0.39 is 11.8 Å². The topological polar surface area (TPSA) is 99.3 Å². The van der Waals surface area contributed by atoms with E-state index in [9.17, 15) is 14.4 Å². The Bertz CT molecular complexity index is 1020. The van der Waals surface area contributed by atoms with Crippen LogP contribution in [0.5, 0.6) is 0 Å². The monoisotopic (exact) mass is 494 g/mol. The molecule has 4 N–H and O–H groups in total. The lowest BCUT2D eigenvalue weighted by Gasteiger charge is -2.19. The molecule has 0 aromatic heterocycles. The van der Waals surface area contributed by atoms with Gasteiger partial charge in [-0.25, -0.2) is 0 Å². The maximum absolute atomic E-state index is 12.3.